The van der Waals surface area contributed by atoms with Crippen molar-refractivity contribution in [3.8, 4) is 0 Å². The first-order valence-corrected chi connectivity index (χ1v) is 10.2. The van der Waals surface area contributed by atoms with Crippen LogP contribution in [0.4, 0.5) is 16.6 Å². The van der Waals surface area contributed by atoms with E-state index in [4.69, 9.17) is 15.6 Å². The molecule has 0 spiro atoms. The molecule has 29 heavy (non-hydrogen) atoms. The average Bonchev–Trinajstić information content (AvgIpc) is 3.08. The zero-order chi connectivity index (χ0) is 20.4. The van der Waals surface area contributed by atoms with E-state index in [-0.39, 0.29) is 30.0 Å². The summed E-state index contributed by atoms with van der Waals surface area (Å²) in [5.74, 6) is 0.129. The van der Waals surface area contributed by atoms with Crippen molar-refractivity contribution in [2.45, 2.75) is 37.8 Å². The molecule has 0 aromatic carbocycles. The highest BCUT2D eigenvalue weighted by atomic mass is 16.6. The zero-order valence-electron chi connectivity index (χ0n) is 16.4. The lowest BCUT2D eigenvalue weighted by atomic mass is 9.96. The summed E-state index contributed by atoms with van der Waals surface area (Å²) in [6.07, 6.45) is 4.44. The van der Waals surface area contributed by atoms with Gasteiger partial charge in [0.25, 0.3) is 0 Å². The topological polar surface area (TPSA) is 125 Å². The molecule has 0 bridgehead atoms. The number of hydrogen-bond donors (Lipinski definition) is 2. The SMILES string of the molecule is Nc1nccc(N2CCC(N3C(=O)OCC3CN3CCC(C(=O)O)CC3)CC2)n1. The Bertz CT molecular complexity index is 746. The van der Waals surface area contributed by atoms with Crippen LogP contribution in [0.3, 0.4) is 0 Å². The van der Waals surface area contributed by atoms with Gasteiger partial charge in [-0.25, -0.2) is 9.78 Å². The van der Waals surface area contributed by atoms with Crippen molar-refractivity contribution >= 4 is 23.8 Å². The largest absolute Gasteiger partial charge is 0.481 e. The van der Waals surface area contributed by atoms with E-state index in [2.05, 4.69) is 19.8 Å². The van der Waals surface area contributed by atoms with E-state index < -0.39 is 5.97 Å². The molecule has 4 heterocycles. The molecule has 1 unspecified atom stereocenters. The normalized spacial score (nSPS) is 24.7. The molecule has 3 fully saturated rings. The number of piperidine rings is 2. The Morgan fingerprint density at radius 3 is 2.59 bits per heavy atom. The van der Waals surface area contributed by atoms with Crippen LogP contribution in [0.5, 0.6) is 0 Å². The molecule has 0 aliphatic carbocycles. The van der Waals surface area contributed by atoms with Crippen LogP contribution in [-0.2, 0) is 9.53 Å². The molecule has 158 valence electrons. The van der Waals surface area contributed by atoms with Crippen molar-refractivity contribution in [3.05, 3.63) is 12.3 Å². The second kappa shape index (κ2) is 8.40. The van der Waals surface area contributed by atoms with Gasteiger partial charge in [-0.3, -0.25) is 9.69 Å². The highest BCUT2D eigenvalue weighted by Crippen LogP contribution is 2.27. The van der Waals surface area contributed by atoms with Gasteiger partial charge in [0.2, 0.25) is 5.95 Å². The summed E-state index contributed by atoms with van der Waals surface area (Å²) < 4.78 is 5.37. The number of aliphatic carboxylic acids is 1. The molecule has 10 heteroatoms. The Labute approximate surface area is 169 Å². The number of carboxylic acids is 1. The number of carbonyl (C=O) groups excluding carboxylic acids is 1. The molecule has 1 amide bonds. The number of rotatable bonds is 5. The van der Waals surface area contributed by atoms with Gasteiger partial charge in [-0.2, -0.15) is 4.98 Å². The molecule has 0 saturated carbocycles. The van der Waals surface area contributed by atoms with Gasteiger partial charge >= 0.3 is 12.1 Å². The molecule has 1 aromatic heterocycles. The number of likely N-dealkylation sites (tertiary alicyclic amines) is 1. The van der Waals surface area contributed by atoms with Crippen molar-refractivity contribution < 1.29 is 19.4 Å². The first-order chi connectivity index (χ1) is 14.0. The van der Waals surface area contributed by atoms with Gasteiger partial charge in [-0.15, -0.1) is 0 Å². The van der Waals surface area contributed by atoms with Crippen LogP contribution in [0.15, 0.2) is 12.3 Å². The summed E-state index contributed by atoms with van der Waals surface area (Å²) in [5.41, 5.74) is 5.69. The van der Waals surface area contributed by atoms with Crippen molar-refractivity contribution in [1.29, 1.82) is 0 Å². The molecule has 3 aliphatic rings. The molecule has 1 atom stereocenters. The van der Waals surface area contributed by atoms with Crippen LogP contribution in [0.25, 0.3) is 0 Å². The molecular formula is C19H28N6O4. The van der Waals surface area contributed by atoms with Crippen LogP contribution in [-0.4, -0.2) is 88.4 Å². The second-order valence-corrected chi connectivity index (χ2v) is 8.04. The number of nitrogen functional groups attached to an aromatic ring is 1. The second-order valence-electron chi connectivity index (χ2n) is 8.04. The summed E-state index contributed by atoms with van der Waals surface area (Å²) in [5, 5.41) is 9.16. The lowest BCUT2D eigenvalue weighted by Crippen LogP contribution is -2.52. The number of carboxylic acid groups (broad SMARTS) is 1. The summed E-state index contributed by atoms with van der Waals surface area (Å²) in [6, 6.07) is 2.02. The molecule has 10 nitrogen and oxygen atoms in total. The molecular weight excluding hydrogens is 376 g/mol. The smallest absolute Gasteiger partial charge is 0.410 e. The fourth-order valence-corrected chi connectivity index (χ4v) is 4.63. The molecule has 3 aliphatic heterocycles. The summed E-state index contributed by atoms with van der Waals surface area (Å²) in [6.45, 7) is 4.23. The van der Waals surface area contributed by atoms with E-state index in [9.17, 15) is 9.59 Å². The van der Waals surface area contributed by atoms with E-state index in [0.717, 1.165) is 51.4 Å². The number of amides is 1. The number of ether oxygens (including phenoxy) is 1. The highest BCUT2D eigenvalue weighted by molar-refractivity contribution is 5.71. The third-order valence-corrected chi connectivity index (χ3v) is 6.25. The van der Waals surface area contributed by atoms with Crippen LogP contribution in [0.2, 0.25) is 0 Å². The average molecular weight is 404 g/mol. The van der Waals surface area contributed by atoms with E-state index in [1.54, 1.807) is 6.20 Å². The van der Waals surface area contributed by atoms with Crippen LogP contribution in [0, 0.1) is 5.92 Å². The Morgan fingerprint density at radius 2 is 1.93 bits per heavy atom. The predicted molar refractivity (Wildman–Crippen MR) is 105 cm³/mol. The van der Waals surface area contributed by atoms with Gasteiger partial charge in [0.15, 0.2) is 0 Å². The molecule has 3 saturated heterocycles. The first-order valence-electron chi connectivity index (χ1n) is 10.2. The van der Waals surface area contributed by atoms with Gasteiger partial charge in [0.1, 0.15) is 12.4 Å². The van der Waals surface area contributed by atoms with Gasteiger partial charge in [-0.05, 0) is 44.8 Å². The molecule has 4 rings (SSSR count). The predicted octanol–water partition coefficient (Wildman–Crippen LogP) is 0.645. The summed E-state index contributed by atoms with van der Waals surface area (Å²) >= 11 is 0. The monoisotopic (exact) mass is 404 g/mol. The Morgan fingerprint density at radius 1 is 1.21 bits per heavy atom. The molecule has 0 radical (unpaired) electrons. The summed E-state index contributed by atoms with van der Waals surface area (Å²) in [4.78, 5) is 38.1. The maximum Gasteiger partial charge on any atom is 0.410 e. The van der Waals surface area contributed by atoms with Crippen molar-refractivity contribution in [2.75, 3.05) is 50.0 Å². The maximum absolute atomic E-state index is 12.4. The Hall–Kier alpha value is -2.62. The maximum atomic E-state index is 12.4. The van der Waals surface area contributed by atoms with Crippen molar-refractivity contribution in [1.82, 2.24) is 19.8 Å². The van der Waals surface area contributed by atoms with Gasteiger partial charge < -0.3 is 25.4 Å². The van der Waals surface area contributed by atoms with E-state index in [1.807, 2.05) is 11.0 Å². The Kier molecular flexibility index (Phi) is 5.70. The van der Waals surface area contributed by atoms with Gasteiger partial charge in [-0.1, -0.05) is 0 Å². The molecule has 1 aromatic rings. The third-order valence-electron chi connectivity index (χ3n) is 6.25. The lowest BCUT2D eigenvalue weighted by Gasteiger charge is -2.40. The van der Waals surface area contributed by atoms with Crippen LogP contribution in [0.1, 0.15) is 25.7 Å². The van der Waals surface area contributed by atoms with E-state index in [1.165, 1.54) is 0 Å². The third kappa shape index (κ3) is 4.36. The number of cyclic esters (lactones) is 1. The number of hydrogen-bond acceptors (Lipinski definition) is 8. The van der Waals surface area contributed by atoms with Crippen molar-refractivity contribution in [3.63, 3.8) is 0 Å². The fraction of sp³-hybridized carbons (Fsp3) is 0.684. The van der Waals surface area contributed by atoms with Gasteiger partial charge in [0.05, 0.1) is 12.0 Å². The van der Waals surface area contributed by atoms with Crippen molar-refractivity contribution in [2.24, 2.45) is 5.92 Å². The highest BCUT2D eigenvalue weighted by Gasteiger charge is 2.40. The first kappa shape index (κ1) is 19.7. The number of carbonyl (C=O) groups is 2. The number of nitrogens with two attached hydrogens (primary N) is 1. The standard InChI is InChI=1S/C19H28N6O4/c20-18-21-6-1-16(22-18)24-9-4-14(5-10-24)25-15(12-29-19(25)28)11-23-7-2-13(3-8-23)17(26)27/h1,6,13-15H,2-5,7-12H2,(H,26,27)(H2,20,21,22). The van der Waals surface area contributed by atoms with Crippen LogP contribution < -0.4 is 10.6 Å². The number of aromatic nitrogens is 2. The minimum Gasteiger partial charge on any atom is -0.481 e. The fourth-order valence-electron chi connectivity index (χ4n) is 4.63. The van der Waals surface area contributed by atoms with Crippen LogP contribution >= 0.6 is 0 Å². The van der Waals surface area contributed by atoms with E-state index >= 15 is 0 Å². The van der Waals surface area contributed by atoms with E-state index in [0.29, 0.717) is 19.4 Å². The Balaban J connectivity index is 1.33. The minimum atomic E-state index is -0.706. The van der Waals surface area contributed by atoms with Gasteiger partial charge in [0, 0.05) is 31.9 Å². The summed E-state index contributed by atoms with van der Waals surface area (Å²) in [7, 11) is 0. The molecule has 3 N–H and O–H groups in total. The zero-order valence-corrected chi connectivity index (χ0v) is 16.4. The minimum absolute atomic E-state index is 0.0233. The number of anilines is 2. The lowest BCUT2D eigenvalue weighted by molar-refractivity contribution is -0.143. The number of nitrogens with zero attached hydrogens (tertiary/aromatic N) is 5. The quantitative estimate of drug-likeness (QED) is 0.727.